The Hall–Kier alpha value is -1.78. The van der Waals surface area contributed by atoms with Gasteiger partial charge in [-0.2, -0.15) is 0 Å². The van der Waals surface area contributed by atoms with Crippen molar-refractivity contribution in [3.63, 3.8) is 0 Å². The summed E-state index contributed by atoms with van der Waals surface area (Å²) >= 11 is 3.65. The van der Waals surface area contributed by atoms with E-state index in [0.29, 0.717) is 0 Å². The van der Waals surface area contributed by atoms with E-state index in [1.165, 1.54) is 5.56 Å². The van der Waals surface area contributed by atoms with E-state index in [9.17, 15) is 0 Å². The summed E-state index contributed by atoms with van der Waals surface area (Å²) in [6.07, 6.45) is 4.55. The molecule has 2 aromatic heterocycles. The fourth-order valence-electron chi connectivity index (χ4n) is 2.44. The first-order valence-electron chi connectivity index (χ1n) is 6.89. The van der Waals surface area contributed by atoms with Crippen LogP contribution >= 0.6 is 15.9 Å². The molecule has 3 aromatic rings. The second-order valence-electron chi connectivity index (χ2n) is 4.95. The summed E-state index contributed by atoms with van der Waals surface area (Å²) in [6.45, 7) is 0. The highest BCUT2D eigenvalue weighted by molar-refractivity contribution is 9.10. The van der Waals surface area contributed by atoms with Gasteiger partial charge < -0.3 is 5.32 Å². The van der Waals surface area contributed by atoms with Crippen molar-refractivity contribution < 1.29 is 0 Å². The highest BCUT2D eigenvalue weighted by Gasteiger charge is 2.16. The van der Waals surface area contributed by atoms with Gasteiger partial charge >= 0.3 is 0 Å². The number of pyridine rings is 2. The number of para-hydroxylation sites is 1. The maximum absolute atomic E-state index is 4.81. The second kappa shape index (κ2) is 6.33. The number of nitrogens with one attached hydrogen (secondary N) is 1. The van der Waals surface area contributed by atoms with Crippen molar-refractivity contribution in [1.29, 1.82) is 0 Å². The summed E-state index contributed by atoms with van der Waals surface area (Å²) in [5, 5.41) is 4.50. The van der Waals surface area contributed by atoms with E-state index in [1.54, 1.807) is 6.20 Å². The first kappa shape index (κ1) is 14.2. The van der Waals surface area contributed by atoms with Crippen LogP contribution in [0.1, 0.15) is 17.3 Å². The molecule has 0 saturated heterocycles. The molecule has 0 saturated carbocycles. The monoisotopic (exact) mass is 341 g/mol. The zero-order valence-electron chi connectivity index (χ0n) is 11.8. The van der Waals surface area contributed by atoms with Crippen molar-refractivity contribution in [3.05, 3.63) is 70.6 Å². The maximum atomic E-state index is 4.81. The fraction of sp³-hybridized carbons (Fsp3) is 0.176. The third kappa shape index (κ3) is 3.12. The Kier molecular flexibility index (Phi) is 4.27. The molecule has 106 valence electrons. The zero-order chi connectivity index (χ0) is 14.7. The Bertz CT molecular complexity index is 743. The first-order chi connectivity index (χ1) is 10.3. The van der Waals surface area contributed by atoms with E-state index in [1.807, 2.05) is 37.5 Å². The summed E-state index contributed by atoms with van der Waals surface area (Å²) in [5.41, 5.74) is 3.24. The van der Waals surface area contributed by atoms with Crippen LogP contribution in [0.3, 0.4) is 0 Å². The van der Waals surface area contributed by atoms with E-state index >= 15 is 0 Å². The van der Waals surface area contributed by atoms with Gasteiger partial charge in [0.05, 0.1) is 17.3 Å². The minimum atomic E-state index is 0.146. The van der Waals surface area contributed by atoms with Crippen LogP contribution in [0.15, 0.2) is 59.3 Å². The number of aromatic nitrogens is 2. The molecule has 0 aliphatic rings. The second-order valence-corrected chi connectivity index (χ2v) is 5.81. The molecule has 1 unspecified atom stereocenters. The predicted octanol–water partition coefficient (Wildman–Crippen LogP) is 3.90. The van der Waals surface area contributed by atoms with E-state index in [4.69, 9.17) is 4.98 Å². The van der Waals surface area contributed by atoms with E-state index in [0.717, 1.165) is 27.5 Å². The van der Waals surface area contributed by atoms with Crippen LogP contribution in [0, 0.1) is 0 Å². The molecule has 0 fully saturated rings. The summed E-state index contributed by atoms with van der Waals surface area (Å²) in [5.74, 6) is 0. The van der Waals surface area contributed by atoms with Crippen molar-refractivity contribution in [2.45, 2.75) is 12.5 Å². The van der Waals surface area contributed by atoms with Crippen molar-refractivity contribution >= 4 is 26.8 Å². The molecule has 2 heterocycles. The van der Waals surface area contributed by atoms with Gasteiger partial charge in [0.2, 0.25) is 0 Å². The van der Waals surface area contributed by atoms with Crippen LogP contribution in [-0.4, -0.2) is 17.0 Å². The number of rotatable bonds is 4. The van der Waals surface area contributed by atoms with Crippen molar-refractivity contribution in [2.75, 3.05) is 7.05 Å². The van der Waals surface area contributed by atoms with Gasteiger partial charge in [0, 0.05) is 22.3 Å². The van der Waals surface area contributed by atoms with Crippen molar-refractivity contribution in [2.24, 2.45) is 0 Å². The Morgan fingerprint density at radius 1 is 1.19 bits per heavy atom. The topological polar surface area (TPSA) is 37.8 Å². The molecule has 1 N–H and O–H groups in total. The molecule has 3 rings (SSSR count). The summed E-state index contributed by atoms with van der Waals surface area (Å²) in [6, 6.07) is 14.5. The van der Waals surface area contributed by atoms with Gasteiger partial charge in [-0.3, -0.25) is 4.98 Å². The van der Waals surface area contributed by atoms with Gasteiger partial charge in [0.25, 0.3) is 0 Å². The Labute approximate surface area is 132 Å². The highest BCUT2D eigenvalue weighted by atomic mass is 79.9. The number of hydrogen-bond donors (Lipinski definition) is 1. The molecule has 4 heteroatoms. The maximum Gasteiger partial charge on any atom is 0.0725 e. The molecule has 1 aromatic carbocycles. The Morgan fingerprint density at radius 3 is 2.81 bits per heavy atom. The molecule has 0 spiro atoms. The standard InChI is InChI=1S/C17H16BrN3/c1-19-16(9-12-5-4-8-20-11-12)17-14(18)10-13-6-2-3-7-15(13)21-17/h2-8,10-11,16,19H,9H2,1H3. The van der Waals surface area contributed by atoms with Crippen LogP contribution in [0.25, 0.3) is 10.9 Å². The number of benzene rings is 1. The fourth-order valence-corrected chi connectivity index (χ4v) is 3.05. The smallest absolute Gasteiger partial charge is 0.0725 e. The third-order valence-electron chi connectivity index (χ3n) is 3.55. The summed E-state index contributed by atoms with van der Waals surface area (Å²) < 4.78 is 1.03. The molecule has 0 amide bonds. The summed E-state index contributed by atoms with van der Waals surface area (Å²) in [7, 11) is 1.96. The first-order valence-corrected chi connectivity index (χ1v) is 7.68. The molecule has 0 radical (unpaired) electrons. The quantitative estimate of drug-likeness (QED) is 0.782. The number of nitrogens with zero attached hydrogens (tertiary/aromatic N) is 2. The molecule has 0 aliphatic heterocycles. The molecule has 3 nitrogen and oxygen atoms in total. The average molecular weight is 342 g/mol. The van der Waals surface area contributed by atoms with Gasteiger partial charge in [0.15, 0.2) is 0 Å². The minimum absolute atomic E-state index is 0.146. The van der Waals surface area contributed by atoms with Crippen molar-refractivity contribution in [3.8, 4) is 0 Å². The van der Waals surface area contributed by atoms with Crippen LogP contribution in [0.5, 0.6) is 0 Å². The molecular weight excluding hydrogens is 326 g/mol. The lowest BCUT2D eigenvalue weighted by atomic mass is 10.0. The average Bonchev–Trinajstić information content (AvgIpc) is 2.53. The lowest BCUT2D eigenvalue weighted by molar-refractivity contribution is 0.574. The predicted molar refractivity (Wildman–Crippen MR) is 89.2 cm³/mol. The molecular formula is C17H16BrN3. The molecule has 0 bridgehead atoms. The van der Waals surface area contributed by atoms with Crippen LogP contribution in [0.2, 0.25) is 0 Å². The molecule has 1 atom stereocenters. The number of hydrogen-bond acceptors (Lipinski definition) is 3. The van der Waals surface area contributed by atoms with Crippen LogP contribution < -0.4 is 5.32 Å². The van der Waals surface area contributed by atoms with Crippen LogP contribution in [-0.2, 0) is 6.42 Å². The van der Waals surface area contributed by atoms with Gasteiger partial charge in [-0.05, 0) is 53.2 Å². The van der Waals surface area contributed by atoms with Crippen molar-refractivity contribution in [1.82, 2.24) is 15.3 Å². The largest absolute Gasteiger partial charge is 0.311 e. The zero-order valence-corrected chi connectivity index (χ0v) is 13.3. The van der Waals surface area contributed by atoms with Gasteiger partial charge in [-0.25, -0.2) is 4.98 Å². The van der Waals surface area contributed by atoms with Crippen LogP contribution in [0.4, 0.5) is 0 Å². The number of likely N-dealkylation sites (N-methyl/N-ethyl adjacent to an activating group) is 1. The molecule has 0 aliphatic carbocycles. The Morgan fingerprint density at radius 2 is 2.05 bits per heavy atom. The van der Waals surface area contributed by atoms with E-state index in [2.05, 4.69) is 44.4 Å². The third-order valence-corrected chi connectivity index (χ3v) is 4.18. The Balaban J connectivity index is 1.98. The summed E-state index contributed by atoms with van der Waals surface area (Å²) in [4.78, 5) is 8.99. The normalized spacial score (nSPS) is 12.5. The van der Waals surface area contributed by atoms with Gasteiger partial charge in [-0.1, -0.05) is 24.3 Å². The van der Waals surface area contributed by atoms with Gasteiger partial charge in [0.1, 0.15) is 0 Å². The number of halogens is 1. The highest BCUT2D eigenvalue weighted by Crippen LogP contribution is 2.27. The minimum Gasteiger partial charge on any atom is -0.311 e. The number of fused-ring (bicyclic) bond motifs is 1. The van der Waals surface area contributed by atoms with E-state index in [-0.39, 0.29) is 6.04 Å². The van der Waals surface area contributed by atoms with E-state index < -0.39 is 0 Å². The lowest BCUT2D eigenvalue weighted by Gasteiger charge is -2.18. The lowest BCUT2D eigenvalue weighted by Crippen LogP contribution is -2.20. The SMILES string of the molecule is CNC(Cc1cccnc1)c1nc2ccccc2cc1Br. The van der Waals surface area contributed by atoms with Gasteiger partial charge in [-0.15, -0.1) is 0 Å². The molecule has 21 heavy (non-hydrogen) atoms.